The van der Waals surface area contributed by atoms with E-state index < -0.39 is 0 Å². The maximum Gasteiger partial charge on any atom is 0.317 e. The molecule has 1 N–H and O–H groups in total. The Balaban J connectivity index is 1.24. The maximum absolute atomic E-state index is 12.2. The lowest BCUT2D eigenvalue weighted by Gasteiger charge is -2.38. The van der Waals surface area contributed by atoms with Gasteiger partial charge in [-0.3, -0.25) is 0 Å². The van der Waals surface area contributed by atoms with E-state index in [4.69, 9.17) is 4.74 Å². The Morgan fingerprint density at radius 3 is 2.89 bits per heavy atom. The normalized spacial score (nSPS) is 14.3. The number of carbonyl (C=O) groups is 1. The quantitative estimate of drug-likeness (QED) is 0.729. The summed E-state index contributed by atoms with van der Waals surface area (Å²) < 4.78 is 7.90. The molecular formula is C20H23N5O2. The summed E-state index contributed by atoms with van der Waals surface area (Å²) in [5.74, 6) is 0.759. The number of hydrogen-bond acceptors (Lipinski definition) is 4. The molecule has 0 aliphatic carbocycles. The highest BCUT2D eigenvalue weighted by molar-refractivity contribution is 5.85. The summed E-state index contributed by atoms with van der Waals surface area (Å²) in [6.07, 6.45) is 1.75. The molecule has 3 aromatic rings. The lowest BCUT2D eigenvalue weighted by molar-refractivity contribution is -0.0439. The van der Waals surface area contributed by atoms with E-state index in [9.17, 15) is 4.79 Å². The topological polar surface area (TPSA) is 72.3 Å². The van der Waals surface area contributed by atoms with Gasteiger partial charge in [0.05, 0.1) is 32.3 Å². The van der Waals surface area contributed by atoms with Crippen LogP contribution >= 0.6 is 0 Å². The maximum atomic E-state index is 12.2. The van der Waals surface area contributed by atoms with Gasteiger partial charge in [-0.05, 0) is 23.3 Å². The number of carbonyl (C=O) groups excluding carboxylic acids is 1. The first-order chi connectivity index (χ1) is 13.2. The second-order valence-corrected chi connectivity index (χ2v) is 6.67. The zero-order chi connectivity index (χ0) is 18.6. The molecule has 2 aromatic carbocycles. The molecule has 1 aliphatic heterocycles. The lowest BCUT2D eigenvalue weighted by atomic mass is 10.1. The third-order valence-corrected chi connectivity index (χ3v) is 4.92. The summed E-state index contributed by atoms with van der Waals surface area (Å²) in [4.78, 5) is 14.0. The molecule has 1 aromatic heterocycles. The van der Waals surface area contributed by atoms with Gasteiger partial charge >= 0.3 is 6.03 Å². The van der Waals surface area contributed by atoms with Crippen LogP contribution in [0.15, 0.2) is 48.8 Å². The number of hydrogen-bond donors (Lipinski definition) is 1. The van der Waals surface area contributed by atoms with Gasteiger partial charge in [0, 0.05) is 6.54 Å². The predicted octanol–water partition coefficient (Wildman–Crippen LogP) is 2.56. The molecule has 2 amide bonds. The largest absolute Gasteiger partial charge is 0.370 e. The van der Waals surface area contributed by atoms with Crippen molar-refractivity contribution in [3.05, 3.63) is 60.2 Å². The van der Waals surface area contributed by atoms with Crippen LogP contribution in [0.3, 0.4) is 0 Å². The Labute approximate surface area is 157 Å². The molecule has 0 bridgehead atoms. The molecule has 7 heteroatoms. The molecule has 0 unspecified atom stereocenters. The summed E-state index contributed by atoms with van der Waals surface area (Å²) in [5.41, 5.74) is 1.18. The number of fused-ring (bicyclic) bond motifs is 1. The highest BCUT2D eigenvalue weighted by Gasteiger charge is 2.31. The van der Waals surface area contributed by atoms with Crippen LogP contribution < -0.4 is 5.32 Å². The first-order valence-corrected chi connectivity index (χ1v) is 9.22. The standard InChI is InChI=1S/C20H23N5O2/c1-2-24-14-22-23-19(24)10-21-20(26)25-11-17(12-25)27-13-16-8-5-7-15-6-3-4-9-18(15)16/h3-9,14,17H,2,10-13H2,1H3,(H,21,26). The van der Waals surface area contributed by atoms with Crippen molar-refractivity contribution in [3.63, 3.8) is 0 Å². The first-order valence-electron chi connectivity index (χ1n) is 9.22. The van der Waals surface area contributed by atoms with Crippen molar-refractivity contribution in [3.8, 4) is 0 Å². The lowest BCUT2D eigenvalue weighted by Crippen LogP contribution is -2.57. The number of urea groups is 1. The van der Waals surface area contributed by atoms with Crippen LogP contribution in [0.4, 0.5) is 4.79 Å². The second kappa shape index (κ2) is 7.75. The van der Waals surface area contributed by atoms with Gasteiger partial charge in [0.2, 0.25) is 0 Å². The number of likely N-dealkylation sites (tertiary alicyclic amines) is 1. The first kappa shape index (κ1) is 17.5. The number of nitrogens with zero attached hydrogens (tertiary/aromatic N) is 4. The van der Waals surface area contributed by atoms with Crippen LogP contribution in [0.25, 0.3) is 10.8 Å². The summed E-state index contributed by atoms with van der Waals surface area (Å²) in [6, 6.07) is 14.5. The highest BCUT2D eigenvalue weighted by atomic mass is 16.5. The van der Waals surface area contributed by atoms with Crippen LogP contribution in [0.5, 0.6) is 0 Å². The smallest absolute Gasteiger partial charge is 0.317 e. The van der Waals surface area contributed by atoms with E-state index in [1.165, 1.54) is 16.3 Å². The van der Waals surface area contributed by atoms with Gasteiger partial charge in [0.1, 0.15) is 6.33 Å². The molecule has 0 atom stereocenters. The summed E-state index contributed by atoms with van der Waals surface area (Å²) in [6.45, 7) is 4.95. The van der Waals surface area contributed by atoms with Crippen molar-refractivity contribution in [1.29, 1.82) is 0 Å². The number of aryl methyl sites for hydroxylation is 1. The van der Waals surface area contributed by atoms with Crippen molar-refractivity contribution in [2.75, 3.05) is 13.1 Å². The minimum absolute atomic E-state index is 0.0778. The Kier molecular flexibility index (Phi) is 5.02. The Morgan fingerprint density at radius 2 is 2.04 bits per heavy atom. The van der Waals surface area contributed by atoms with Crippen molar-refractivity contribution < 1.29 is 9.53 Å². The molecule has 27 heavy (non-hydrogen) atoms. The number of benzene rings is 2. The van der Waals surface area contributed by atoms with Crippen molar-refractivity contribution in [2.24, 2.45) is 0 Å². The average molecular weight is 365 g/mol. The number of rotatable bonds is 6. The zero-order valence-electron chi connectivity index (χ0n) is 15.3. The highest BCUT2D eigenvalue weighted by Crippen LogP contribution is 2.21. The Bertz CT molecular complexity index is 928. The molecule has 7 nitrogen and oxygen atoms in total. The van der Waals surface area contributed by atoms with Gasteiger partial charge in [0.25, 0.3) is 0 Å². The van der Waals surface area contributed by atoms with E-state index in [0.29, 0.717) is 26.2 Å². The van der Waals surface area contributed by atoms with Crippen LogP contribution in [0.1, 0.15) is 18.3 Å². The second-order valence-electron chi connectivity index (χ2n) is 6.67. The summed E-state index contributed by atoms with van der Waals surface area (Å²) in [5, 5.41) is 13.2. The fourth-order valence-electron chi connectivity index (χ4n) is 3.28. The monoisotopic (exact) mass is 365 g/mol. The van der Waals surface area contributed by atoms with E-state index >= 15 is 0 Å². The van der Waals surface area contributed by atoms with Crippen LogP contribution in [-0.4, -0.2) is 44.9 Å². The Hall–Kier alpha value is -2.93. The van der Waals surface area contributed by atoms with Gasteiger partial charge < -0.3 is 19.5 Å². The van der Waals surface area contributed by atoms with Crippen molar-refractivity contribution in [2.45, 2.75) is 32.7 Å². The molecule has 0 radical (unpaired) electrons. The van der Waals surface area contributed by atoms with Crippen LogP contribution in [0, 0.1) is 0 Å². The van der Waals surface area contributed by atoms with Gasteiger partial charge in [-0.1, -0.05) is 42.5 Å². The third kappa shape index (κ3) is 3.78. The Morgan fingerprint density at radius 1 is 1.22 bits per heavy atom. The zero-order valence-corrected chi connectivity index (χ0v) is 15.3. The SMILES string of the molecule is CCn1cnnc1CNC(=O)N1CC(OCc2cccc3ccccc23)C1. The third-order valence-electron chi connectivity index (χ3n) is 4.92. The van der Waals surface area contributed by atoms with Gasteiger partial charge in [-0.2, -0.15) is 0 Å². The fourth-order valence-corrected chi connectivity index (χ4v) is 3.28. The van der Waals surface area contributed by atoms with Crippen LogP contribution in [-0.2, 0) is 24.4 Å². The van der Waals surface area contributed by atoms with Crippen molar-refractivity contribution in [1.82, 2.24) is 25.0 Å². The molecule has 2 heterocycles. The number of nitrogens with one attached hydrogen (secondary N) is 1. The van der Waals surface area contributed by atoms with Gasteiger partial charge in [-0.25, -0.2) is 4.79 Å². The molecule has 0 saturated carbocycles. The fraction of sp³-hybridized carbons (Fsp3) is 0.350. The van der Waals surface area contributed by atoms with E-state index in [-0.39, 0.29) is 12.1 Å². The number of aromatic nitrogens is 3. The minimum atomic E-state index is -0.0920. The molecule has 1 saturated heterocycles. The molecule has 4 rings (SSSR count). The number of ether oxygens (including phenoxy) is 1. The van der Waals surface area contributed by atoms with E-state index in [1.54, 1.807) is 11.2 Å². The van der Waals surface area contributed by atoms with Gasteiger partial charge in [0.15, 0.2) is 5.82 Å². The average Bonchev–Trinajstić information content (AvgIpc) is 3.12. The molecule has 1 aliphatic rings. The van der Waals surface area contributed by atoms with E-state index in [1.807, 2.05) is 23.6 Å². The molecule has 0 spiro atoms. The molecular weight excluding hydrogens is 342 g/mol. The predicted molar refractivity (Wildman–Crippen MR) is 102 cm³/mol. The number of amides is 2. The van der Waals surface area contributed by atoms with Crippen LogP contribution in [0.2, 0.25) is 0 Å². The van der Waals surface area contributed by atoms with E-state index in [0.717, 1.165) is 12.4 Å². The summed E-state index contributed by atoms with van der Waals surface area (Å²) in [7, 11) is 0. The molecule has 1 fully saturated rings. The molecule has 140 valence electrons. The minimum Gasteiger partial charge on any atom is -0.370 e. The van der Waals surface area contributed by atoms with E-state index in [2.05, 4.69) is 45.8 Å². The summed E-state index contributed by atoms with van der Waals surface area (Å²) >= 11 is 0. The van der Waals surface area contributed by atoms with Gasteiger partial charge in [-0.15, -0.1) is 10.2 Å². The van der Waals surface area contributed by atoms with Crippen molar-refractivity contribution >= 4 is 16.8 Å².